The normalized spacial score (nSPS) is 18.5. The topological polar surface area (TPSA) is 63.3 Å². The van der Waals surface area contributed by atoms with Crippen LogP contribution in [0.5, 0.6) is 0 Å². The molecule has 1 aliphatic rings. The van der Waals surface area contributed by atoms with Crippen LogP contribution in [-0.2, 0) is 4.79 Å². The minimum absolute atomic E-state index is 0.657. The molecule has 0 heterocycles. The van der Waals surface area contributed by atoms with Gasteiger partial charge in [-0.1, -0.05) is 25.0 Å². The van der Waals surface area contributed by atoms with Crippen LogP contribution in [-0.4, -0.2) is 15.8 Å². The van der Waals surface area contributed by atoms with Crippen molar-refractivity contribution >= 4 is 23.4 Å². The second kappa shape index (κ2) is 4.37. The van der Waals surface area contributed by atoms with Crippen LogP contribution in [0.15, 0.2) is 29.2 Å². The van der Waals surface area contributed by atoms with Crippen LogP contribution < -0.4 is 5.73 Å². The zero-order valence-corrected chi connectivity index (χ0v) is 9.80. The van der Waals surface area contributed by atoms with Crippen LogP contribution in [0, 0.1) is 0 Å². The van der Waals surface area contributed by atoms with Gasteiger partial charge in [0, 0.05) is 10.6 Å². The summed E-state index contributed by atoms with van der Waals surface area (Å²) < 4.78 is -0.657. The van der Waals surface area contributed by atoms with Crippen molar-refractivity contribution in [1.82, 2.24) is 0 Å². The highest BCUT2D eigenvalue weighted by molar-refractivity contribution is 8.01. The Bertz CT molecular complexity index is 400. The Labute approximate surface area is 99.0 Å². The first kappa shape index (κ1) is 11.3. The van der Waals surface area contributed by atoms with Crippen LogP contribution in [0.25, 0.3) is 0 Å². The quantitative estimate of drug-likeness (QED) is 0.793. The molecule has 1 aromatic rings. The third-order valence-electron chi connectivity index (χ3n) is 3.03. The number of anilines is 1. The predicted octanol–water partition coefficient (Wildman–Crippen LogP) is 2.76. The molecule has 0 bridgehead atoms. The number of aliphatic carboxylic acids is 1. The van der Waals surface area contributed by atoms with E-state index in [9.17, 15) is 9.90 Å². The van der Waals surface area contributed by atoms with E-state index in [2.05, 4.69) is 0 Å². The molecule has 0 amide bonds. The van der Waals surface area contributed by atoms with Gasteiger partial charge in [-0.15, -0.1) is 11.8 Å². The van der Waals surface area contributed by atoms with Gasteiger partial charge in [0.2, 0.25) is 0 Å². The summed E-state index contributed by atoms with van der Waals surface area (Å²) in [6.45, 7) is 0. The standard InChI is InChI=1S/C12H15NO2S/c13-9-5-1-2-6-10(9)16-12(11(14)15)7-3-4-8-12/h1-2,5-6H,3-4,7-8,13H2,(H,14,15). The van der Waals surface area contributed by atoms with Crippen LogP contribution in [0.3, 0.4) is 0 Å². The van der Waals surface area contributed by atoms with Crippen molar-refractivity contribution in [3.8, 4) is 0 Å². The van der Waals surface area contributed by atoms with E-state index >= 15 is 0 Å². The van der Waals surface area contributed by atoms with Crippen molar-refractivity contribution in [1.29, 1.82) is 0 Å². The molecule has 16 heavy (non-hydrogen) atoms. The van der Waals surface area contributed by atoms with Gasteiger partial charge in [0.25, 0.3) is 0 Å². The summed E-state index contributed by atoms with van der Waals surface area (Å²) in [6.07, 6.45) is 3.46. The van der Waals surface area contributed by atoms with Gasteiger partial charge >= 0.3 is 5.97 Å². The van der Waals surface area contributed by atoms with Crippen LogP contribution in [0.2, 0.25) is 0 Å². The van der Waals surface area contributed by atoms with Gasteiger partial charge in [-0.2, -0.15) is 0 Å². The third-order valence-corrected chi connectivity index (χ3v) is 4.59. The highest BCUT2D eigenvalue weighted by Gasteiger charge is 2.42. The lowest BCUT2D eigenvalue weighted by Gasteiger charge is -2.23. The minimum Gasteiger partial charge on any atom is -0.480 e. The fraction of sp³-hybridized carbons (Fsp3) is 0.417. The maximum atomic E-state index is 11.4. The Hall–Kier alpha value is -1.16. The van der Waals surface area contributed by atoms with Gasteiger partial charge in [0.1, 0.15) is 4.75 Å². The zero-order chi connectivity index (χ0) is 11.6. The average molecular weight is 237 g/mol. The van der Waals surface area contributed by atoms with E-state index in [1.54, 1.807) is 0 Å². The fourth-order valence-corrected chi connectivity index (χ4v) is 3.42. The lowest BCUT2D eigenvalue weighted by atomic mass is 10.1. The smallest absolute Gasteiger partial charge is 0.320 e. The molecule has 1 saturated carbocycles. The highest BCUT2D eigenvalue weighted by Crippen LogP contribution is 2.46. The third kappa shape index (κ3) is 2.02. The van der Waals surface area contributed by atoms with Crippen molar-refractivity contribution < 1.29 is 9.90 Å². The summed E-state index contributed by atoms with van der Waals surface area (Å²) in [7, 11) is 0. The summed E-state index contributed by atoms with van der Waals surface area (Å²) in [5.41, 5.74) is 6.51. The molecule has 2 rings (SSSR count). The number of carbonyl (C=O) groups is 1. The molecule has 1 aliphatic carbocycles. The van der Waals surface area contributed by atoms with Crippen molar-refractivity contribution in [2.45, 2.75) is 35.3 Å². The lowest BCUT2D eigenvalue weighted by molar-refractivity contribution is -0.139. The number of nitrogens with two attached hydrogens (primary N) is 1. The Morgan fingerprint density at radius 2 is 1.94 bits per heavy atom. The summed E-state index contributed by atoms with van der Waals surface area (Å²) in [5.74, 6) is -0.710. The van der Waals surface area contributed by atoms with E-state index in [0.717, 1.165) is 30.6 Å². The number of carboxylic acids is 1. The molecule has 1 fully saturated rings. The van der Waals surface area contributed by atoms with Crippen molar-refractivity contribution in [2.24, 2.45) is 0 Å². The van der Waals surface area contributed by atoms with E-state index < -0.39 is 10.7 Å². The number of para-hydroxylation sites is 1. The number of nitrogen functional groups attached to an aromatic ring is 1. The molecule has 3 N–H and O–H groups in total. The van der Waals surface area contributed by atoms with Crippen LogP contribution in [0.4, 0.5) is 5.69 Å². The number of rotatable bonds is 3. The Balaban J connectivity index is 2.25. The molecule has 0 saturated heterocycles. The Morgan fingerprint density at radius 1 is 1.31 bits per heavy atom. The zero-order valence-electron chi connectivity index (χ0n) is 8.98. The fourth-order valence-electron chi connectivity index (χ4n) is 2.09. The molecule has 0 radical (unpaired) electrons. The molecular weight excluding hydrogens is 222 g/mol. The van der Waals surface area contributed by atoms with E-state index in [1.807, 2.05) is 24.3 Å². The molecule has 3 nitrogen and oxygen atoms in total. The summed E-state index contributed by atoms with van der Waals surface area (Å²) in [4.78, 5) is 12.3. The Morgan fingerprint density at radius 3 is 2.50 bits per heavy atom. The molecule has 0 spiro atoms. The number of hydrogen-bond donors (Lipinski definition) is 2. The molecule has 86 valence electrons. The summed E-state index contributed by atoms with van der Waals surface area (Å²) >= 11 is 1.41. The lowest BCUT2D eigenvalue weighted by Crippen LogP contribution is -2.31. The molecule has 1 aromatic carbocycles. The second-order valence-electron chi connectivity index (χ2n) is 4.15. The highest BCUT2D eigenvalue weighted by atomic mass is 32.2. The molecule has 0 unspecified atom stereocenters. The maximum Gasteiger partial charge on any atom is 0.320 e. The van der Waals surface area contributed by atoms with Gasteiger partial charge in [0.05, 0.1) is 0 Å². The first-order valence-electron chi connectivity index (χ1n) is 5.41. The van der Waals surface area contributed by atoms with Crippen molar-refractivity contribution in [3.05, 3.63) is 24.3 Å². The van der Waals surface area contributed by atoms with E-state index in [1.165, 1.54) is 11.8 Å². The van der Waals surface area contributed by atoms with Crippen LogP contribution >= 0.6 is 11.8 Å². The first-order chi connectivity index (χ1) is 7.64. The van der Waals surface area contributed by atoms with Gasteiger partial charge < -0.3 is 10.8 Å². The molecule has 4 heteroatoms. The van der Waals surface area contributed by atoms with Gasteiger partial charge in [0.15, 0.2) is 0 Å². The SMILES string of the molecule is Nc1ccccc1SC1(C(=O)O)CCCC1. The number of benzene rings is 1. The number of hydrogen-bond acceptors (Lipinski definition) is 3. The van der Waals surface area contributed by atoms with Crippen LogP contribution in [0.1, 0.15) is 25.7 Å². The van der Waals surface area contributed by atoms with Crippen molar-refractivity contribution in [3.63, 3.8) is 0 Å². The summed E-state index contributed by atoms with van der Waals surface area (Å²) in [5, 5.41) is 9.35. The molecule has 0 atom stereocenters. The van der Waals surface area contributed by atoms with Crippen molar-refractivity contribution in [2.75, 3.05) is 5.73 Å². The summed E-state index contributed by atoms with van der Waals surface area (Å²) in [6, 6.07) is 7.46. The second-order valence-corrected chi connectivity index (χ2v) is 5.57. The van der Waals surface area contributed by atoms with E-state index in [4.69, 9.17) is 5.73 Å². The first-order valence-corrected chi connectivity index (χ1v) is 6.23. The Kier molecular flexibility index (Phi) is 3.10. The molecule has 0 aliphatic heterocycles. The molecule has 0 aromatic heterocycles. The van der Waals surface area contributed by atoms with Gasteiger partial charge in [-0.05, 0) is 25.0 Å². The van der Waals surface area contributed by atoms with Gasteiger partial charge in [-0.3, -0.25) is 4.79 Å². The van der Waals surface area contributed by atoms with Gasteiger partial charge in [-0.25, -0.2) is 0 Å². The average Bonchev–Trinajstić information content (AvgIpc) is 2.71. The minimum atomic E-state index is -0.710. The molecular formula is C12H15NO2S. The predicted molar refractivity (Wildman–Crippen MR) is 65.5 cm³/mol. The monoisotopic (exact) mass is 237 g/mol. The van der Waals surface area contributed by atoms with E-state index in [-0.39, 0.29) is 0 Å². The number of carboxylic acid groups (broad SMARTS) is 1. The van der Waals surface area contributed by atoms with E-state index in [0.29, 0.717) is 5.69 Å². The largest absolute Gasteiger partial charge is 0.480 e. The number of thioether (sulfide) groups is 1. The maximum absolute atomic E-state index is 11.4.